The highest BCUT2D eigenvalue weighted by molar-refractivity contribution is 7.85. The second-order valence-electron chi connectivity index (χ2n) is 5.66. The molecule has 140 valence electrons. The van der Waals surface area contributed by atoms with Gasteiger partial charge in [-0.3, -0.25) is 0 Å². The molecule has 0 saturated heterocycles. The molecule has 1 atom stereocenters. The third-order valence-corrected chi connectivity index (χ3v) is 5.64. The Bertz CT molecular complexity index is 968. The SMILES string of the molecule is COc1ccc(S(=O)c2ccc(C(F)(F)F)cc2-c2ccc(Cl)cc2)cc1. The van der Waals surface area contributed by atoms with E-state index in [9.17, 15) is 17.4 Å². The fourth-order valence-corrected chi connectivity index (χ4v) is 3.88. The fourth-order valence-electron chi connectivity index (χ4n) is 2.55. The van der Waals surface area contributed by atoms with E-state index in [1.165, 1.54) is 13.2 Å². The predicted molar refractivity (Wildman–Crippen MR) is 99.6 cm³/mol. The first-order chi connectivity index (χ1) is 12.8. The molecule has 3 aromatic carbocycles. The number of hydrogen-bond acceptors (Lipinski definition) is 2. The number of ether oxygens (including phenoxy) is 1. The van der Waals surface area contributed by atoms with Crippen LogP contribution in [-0.2, 0) is 17.0 Å². The zero-order chi connectivity index (χ0) is 19.6. The molecule has 27 heavy (non-hydrogen) atoms. The summed E-state index contributed by atoms with van der Waals surface area (Å²) >= 11 is 5.88. The number of hydrogen-bond donors (Lipinski definition) is 0. The van der Waals surface area contributed by atoms with Crippen LogP contribution in [0.2, 0.25) is 5.02 Å². The highest BCUT2D eigenvalue weighted by Gasteiger charge is 2.31. The van der Waals surface area contributed by atoms with Crippen LogP contribution in [0.5, 0.6) is 5.75 Å². The van der Waals surface area contributed by atoms with Gasteiger partial charge >= 0.3 is 6.18 Å². The summed E-state index contributed by atoms with van der Waals surface area (Å²) in [6.45, 7) is 0. The summed E-state index contributed by atoms with van der Waals surface area (Å²) in [7, 11) is -0.151. The third kappa shape index (κ3) is 4.34. The monoisotopic (exact) mass is 410 g/mol. The maximum absolute atomic E-state index is 13.2. The Morgan fingerprint density at radius 3 is 2.11 bits per heavy atom. The minimum Gasteiger partial charge on any atom is -0.497 e. The molecule has 3 rings (SSSR count). The maximum atomic E-state index is 13.2. The summed E-state index contributed by atoms with van der Waals surface area (Å²) in [5.74, 6) is 0.598. The van der Waals surface area contributed by atoms with Crippen LogP contribution in [0.4, 0.5) is 13.2 Å². The van der Waals surface area contributed by atoms with Gasteiger partial charge in [0, 0.05) is 9.92 Å². The van der Waals surface area contributed by atoms with Crippen molar-refractivity contribution in [3.8, 4) is 16.9 Å². The van der Waals surface area contributed by atoms with Crippen molar-refractivity contribution >= 4 is 22.4 Å². The molecule has 0 aliphatic rings. The van der Waals surface area contributed by atoms with Crippen LogP contribution in [0, 0.1) is 0 Å². The van der Waals surface area contributed by atoms with E-state index in [1.54, 1.807) is 48.5 Å². The molecule has 0 spiro atoms. The molecule has 0 aromatic heterocycles. The lowest BCUT2D eigenvalue weighted by molar-refractivity contribution is -0.137. The Morgan fingerprint density at radius 1 is 0.926 bits per heavy atom. The molecule has 0 amide bonds. The summed E-state index contributed by atoms with van der Waals surface area (Å²) in [5.41, 5.74) is -0.0547. The molecule has 0 bridgehead atoms. The first-order valence-corrected chi connectivity index (χ1v) is 9.35. The number of alkyl halides is 3. The summed E-state index contributed by atoms with van der Waals surface area (Å²) < 4.78 is 57.6. The van der Waals surface area contributed by atoms with E-state index < -0.39 is 22.5 Å². The minimum absolute atomic E-state index is 0.246. The van der Waals surface area contributed by atoms with E-state index in [1.807, 2.05) is 0 Å². The maximum Gasteiger partial charge on any atom is 0.416 e. The lowest BCUT2D eigenvalue weighted by atomic mass is 10.0. The van der Waals surface area contributed by atoms with Gasteiger partial charge in [0.05, 0.1) is 28.4 Å². The van der Waals surface area contributed by atoms with Gasteiger partial charge in [-0.15, -0.1) is 0 Å². The number of benzene rings is 3. The van der Waals surface area contributed by atoms with Crippen LogP contribution in [0.3, 0.4) is 0 Å². The second-order valence-corrected chi connectivity index (χ2v) is 7.54. The third-order valence-electron chi connectivity index (χ3n) is 3.94. The van der Waals surface area contributed by atoms with Crippen molar-refractivity contribution in [1.29, 1.82) is 0 Å². The van der Waals surface area contributed by atoms with Crippen LogP contribution in [-0.4, -0.2) is 11.3 Å². The summed E-state index contributed by atoms with van der Waals surface area (Å²) in [6.07, 6.45) is -4.50. The van der Waals surface area contributed by atoms with Crippen molar-refractivity contribution in [1.82, 2.24) is 0 Å². The molecule has 0 heterocycles. The zero-order valence-corrected chi connectivity index (χ0v) is 15.7. The van der Waals surface area contributed by atoms with E-state index >= 15 is 0 Å². The number of halogens is 4. The molecule has 0 fully saturated rings. The Hall–Kier alpha value is -2.31. The Morgan fingerprint density at radius 2 is 1.56 bits per heavy atom. The van der Waals surface area contributed by atoms with Crippen molar-refractivity contribution in [2.45, 2.75) is 16.0 Å². The molecule has 0 aliphatic heterocycles. The van der Waals surface area contributed by atoms with Crippen LogP contribution in [0.25, 0.3) is 11.1 Å². The van der Waals surface area contributed by atoms with Gasteiger partial charge in [0.25, 0.3) is 0 Å². The predicted octanol–water partition coefficient (Wildman–Crippen LogP) is 6.20. The van der Waals surface area contributed by atoms with Crippen LogP contribution >= 0.6 is 11.6 Å². The largest absolute Gasteiger partial charge is 0.497 e. The lowest BCUT2D eigenvalue weighted by Gasteiger charge is -2.14. The van der Waals surface area contributed by atoms with Crippen LogP contribution < -0.4 is 4.74 Å². The van der Waals surface area contributed by atoms with E-state index in [-0.39, 0.29) is 10.5 Å². The molecule has 3 aromatic rings. The van der Waals surface area contributed by atoms with Gasteiger partial charge in [0.2, 0.25) is 0 Å². The average Bonchev–Trinajstić information content (AvgIpc) is 2.67. The van der Waals surface area contributed by atoms with Gasteiger partial charge in [-0.25, -0.2) is 4.21 Å². The topological polar surface area (TPSA) is 26.3 Å². The van der Waals surface area contributed by atoms with Crippen molar-refractivity contribution < 1.29 is 22.1 Å². The van der Waals surface area contributed by atoms with E-state index in [4.69, 9.17) is 16.3 Å². The zero-order valence-electron chi connectivity index (χ0n) is 14.1. The van der Waals surface area contributed by atoms with Crippen molar-refractivity contribution in [2.75, 3.05) is 7.11 Å². The van der Waals surface area contributed by atoms with Gasteiger partial charge in [0.15, 0.2) is 0 Å². The summed E-state index contributed by atoms with van der Waals surface area (Å²) in [6, 6.07) is 16.1. The Balaban J connectivity index is 2.13. The van der Waals surface area contributed by atoms with E-state index in [0.29, 0.717) is 21.2 Å². The van der Waals surface area contributed by atoms with Gasteiger partial charge in [-0.05, 0) is 65.7 Å². The Labute approximate surface area is 162 Å². The minimum atomic E-state index is -4.50. The van der Waals surface area contributed by atoms with Gasteiger partial charge in [-0.2, -0.15) is 13.2 Å². The Kier molecular flexibility index (Phi) is 5.58. The second kappa shape index (κ2) is 7.74. The fraction of sp³-hybridized carbons (Fsp3) is 0.100. The van der Waals surface area contributed by atoms with Gasteiger partial charge < -0.3 is 4.74 Å². The quantitative estimate of drug-likeness (QED) is 0.511. The normalized spacial score (nSPS) is 12.6. The molecule has 0 saturated carbocycles. The molecular formula is C20H14ClF3O2S. The molecule has 1 unspecified atom stereocenters. The van der Waals surface area contributed by atoms with Gasteiger partial charge in [-0.1, -0.05) is 23.7 Å². The van der Waals surface area contributed by atoms with Crippen molar-refractivity contribution in [2.24, 2.45) is 0 Å². The summed E-state index contributed by atoms with van der Waals surface area (Å²) in [4.78, 5) is 0.751. The molecule has 7 heteroatoms. The number of rotatable bonds is 4. The summed E-state index contributed by atoms with van der Waals surface area (Å²) in [5, 5.41) is 0.462. The average molecular weight is 411 g/mol. The lowest BCUT2D eigenvalue weighted by Crippen LogP contribution is -2.06. The van der Waals surface area contributed by atoms with Crippen molar-refractivity contribution in [3.63, 3.8) is 0 Å². The molecule has 0 N–H and O–H groups in total. The first kappa shape index (κ1) is 19.5. The van der Waals surface area contributed by atoms with E-state index in [2.05, 4.69) is 0 Å². The standard InChI is InChI=1S/C20H14ClF3O2S/c1-26-16-7-9-17(10-8-16)27(25)19-11-4-14(20(22,23)24)12-18(19)13-2-5-15(21)6-3-13/h2-12H,1H3. The first-order valence-electron chi connectivity index (χ1n) is 7.82. The molecule has 0 aliphatic carbocycles. The molecular weight excluding hydrogens is 397 g/mol. The van der Waals surface area contributed by atoms with Crippen molar-refractivity contribution in [3.05, 3.63) is 77.3 Å². The molecule has 0 radical (unpaired) electrons. The number of methoxy groups -OCH3 is 1. The van der Waals surface area contributed by atoms with Crippen LogP contribution in [0.15, 0.2) is 76.5 Å². The highest BCUT2D eigenvalue weighted by Crippen LogP contribution is 2.36. The highest BCUT2D eigenvalue weighted by atomic mass is 35.5. The van der Waals surface area contributed by atoms with E-state index in [0.717, 1.165) is 12.1 Å². The smallest absolute Gasteiger partial charge is 0.416 e. The molecule has 2 nitrogen and oxygen atoms in total. The van der Waals surface area contributed by atoms with Crippen LogP contribution in [0.1, 0.15) is 5.56 Å². The van der Waals surface area contributed by atoms with Gasteiger partial charge in [0.1, 0.15) is 5.75 Å².